The van der Waals surface area contributed by atoms with E-state index in [1.54, 1.807) is 18.6 Å². The Balaban J connectivity index is 1.64. The van der Waals surface area contributed by atoms with Crippen molar-refractivity contribution >= 4 is 5.78 Å². The average molecular weight is 314 g/mol. The summed E-state index contributed by atoms with van der Waals surface area (Å²) in [6.07, 6.45) is 4.95. The van der Waals surface area contributed by atoms with Crippen LogP contribution in [-0.4, -0.2) is 25.9 Å². The number of rotatable bonds is 4. The topological polar surface area (TPSA) is 74.4 Å². The number of aromatic amines is 2. The molecule has 0 saturated carbocycles. The van der Waals surface area contributed by atoms with E-state index in [2.05, 4.69) is 26.2 Å². The standard InChI is InChI=1S/C19H14N4O/c24-18(19-20-10-11-21-19)14-6-4-13(5-7-14)15-2-1-3-16(12-15)17-8-9-22-23-17/h1-12H,(H,20,21)(H,22,23). The lowest BCUT2D eigenvalue weighted by atomic mass is 10.00. The number of nitrogens with zero attached hydrogens (tertiary/aromatic N) is 2. The number of hydrogen-bond donors (Lipinski definition) is 2. The fourth-order valence-electron chi connectivity index (χ4n) is 2.62. The van der Waals surface area contributed by atoms with Crippen molar-refractivity contribution in [3.8, 4) is 22.4 Å². The summed E-state index contributed by atoms with van der Waals surface area (Å²) < 4.78 is 0. The lowest BCUT2D eigenvalue weighted by Crippen LogP contribution is -2.03. The molecule has 4 aromatic rings. The fourth-order valence-corrected chi connectivity index (χ4v) is 2.62. The van der Waals surface area contributed by atoms with Gasteiger partial charge in [0.2, 0.25) is 5.78 Å². The van der Waals surface area contributed by atoms with E-state index < -0.39 is 0 Å². The fraction of sp³-hybridized carbons (Fsp3) is 0. The minimum atomic E-state index is -0.113. The molecular weight excluding hydrogens is 300 g/mol. The zero-order chi connectivity index (χ0) is 16.4. The highest BCUT2D eigenvalue weighted by atomic mass is 16.1. The predicted molar refractivity (Wildman–Crippen MR) is 91.5 cm³/mol. The predicted octanol–water partition coefficient (Wildman–Crippen LogP) is 3.70. The maximum absolute atomic E-state index is 12.3. The molecule has 0 saturated heterocycles. The van der Waals surface area contributed by atoms with Gasteiger partial charge < -0.3 is 4.98 Å². The van der Waals surface area contributed by atoms with Gasteiger partial charge in [-0.15, -0.1) is 0 Å². The van der Waals surface area contributed by atoms with Crippen molar-refractivity contribution in [1.29, 1.82) is 0 Å². The Morgan fingerprint density at radius 3 is 2.42 bits per heavy atom. The molecule has 24 heavy (non-hydrogen) atoms. The Bertz CT molecular complexity index is 955. The highest BCUT2D eigenvalue weighted by Gasteiger charge is 2.11. The van der Waals surface area contributed by atoms with Crippen molar-refractivity contribution in [1.82, 2.24) is 20.2 Å². The zero-order valence-electron chi connectivity index (χ0n) is 12.7. The van der Waals surface area contributed by atoms with Crippen LogP contribution < -0.4 is 0 Å². The van der Waals surface area contributed by atoms with Crippen molar-refractivity contribution < 1.29 is 4.79 Å². The number of benzene rings is 2. The van der Waals surface area contributed by atoms with Crippen LogP contribution in [0.1, 0.15) is 16.2 Å². The second kappa shape index (κ2) is 5.96. The Labute approximate surface area is 138 Å². The van der Waals surface area contributed by atoms with Gasteiger partial charge in [-0.2, -0.15) is 5.10 Å². The molecule has 0 unspecified atom stereocenters. The zero-order valence-corrected chi connectivity index (χ0v) is 12.7. The second-order valence-corrected chi connectivity index (χ2v) is 5.40. The van der Waals surface area contributed by atoms with Crippen LogP contribution in [0.25, 0.3) is 22.4 Å². The first-order chi connectivity index (χ1) is 11.8. The molecule has 0 bridgehead atoms. The normalized spacial score (nSPS) is 10.7. The Hall–Kier alpha value is -3.47. The molecule has 5 nitrogen and oxygen atoms in total. The molecule has 2 N–H and O–H groups in total. The van der Waals surface area contributed by atoms with Crippen LogP contribution in [0.3, 0.4) is 0 Å². The summed E-state index contributed by atoms with van der Waals surface area (Å²) in [5, 5.41) is 6.95. The summed E-state index contributed by atoms with van der Waals surface area (Å²) in [7, 11) is 0. The van der Waals surface area contributed by atoms with Crippen molar-refractivity contribution in [3.05, 3.63) is 84.6 Å². The summed E-state index contributed by atoms with van der Waals surface area (Å²) in [4.78, 5) is 19.1. The molecule has 116 valence electrons. The Morgan fingerprint density at radius 2 is 1.71 bits per heavy atom. The minimum absolute atomic E-state index is 0.113. The number of imidazole rings is 1. The van der Waals surface area contributed by atoms with Crippen LogP contribution in [0.5, 0.6) is 0 Å². The molecule has 2 aromatic heterocycles. The van der Waals surface area contributed by atoms with Gasteiger partial charge in [0.15, 0.2) is 5.82 Å². The summed E-state index contributed by atoms with van der Waals surface area (Å²) in [6, 6.07) is 17.7. The van der Waals surface area contributed by atoms with E-state index in [4.69, 9.17) is 0 Å². The van der Waals surface area contributed by atoms with Gasteiger partial charge in [-0.05, 0) is 23.3 Å². The molecule has 2 heterocycles. The molecule has 0 aliphatic carbocycles. The SMILES string of the molecule is O=C(c1ccc(-c2cccc(-c3ccn[nH]3)c2)cc1)c1ncc[nH]1. The number of hydrogen-bond acceptors (Lipinski definition) is 3. The van der Waals surface area contributed by atoms with Gasteiger partial charge in [0.25, 0.3) is 0 Å². The molecule has 0 atom stereocenters. The number of carbonyl (C=O) groups is 1. The van der Waals surface area contributed by atoms with Crippen molar-refractivity contribution in [2.75, 3.05) is 0 Å². The molecule has 0 aliphatic rings. The molecular formula is C19H14N4O. The number of aromatic nitrogens is 4. The minimum Gasteiger partial charge on any atom is -0.342 e. The molecule has 5 heteroatoms. The van der Waals surface area contributed by atoms with Crippen LogP contribution in [0.4, 0.5) is 0 Å². The van der Waals surface area contributed by atoms with Crippen LogP contribution >= 0.6 is 0 Å². The molecule has 0 amide bonds. The largest absolute Gasteiger partial charge is 0.342 e. The molecule has 0 radical (unpaired) electrons. The van der Waals surface area contributed by atoms with E-state index in [1.165, 1.54) is 0 Å². The smallest absolute Gasteiger partial charge is 0.228 e. The van der Waals surface area contributed by atoms with E-state index in [-0.39, 0.29) is 5.78 Å². The Morgan fingerprint density at radius 1 is 0.875 bits per heavy atom. The number of carbonyl (C=O) groups excluding carboxylic acids is 1. The van der Waals surface area contributed by atoms with Crippen molar-refractivity contribution in [3.63, 3.8) is 0 Å². The van der Waals surface area contributed by atoms with Crippen LogP contribution in [-0.2, 0) is 0 Å². The number of ketones is 1. The number of nitrogens with one attached hydrogen (secondary N) is 2. The van der Waals surface area contributed by atoms with Gasteiger partial charge in [0.1, 0.15) is 0 Å². The van der Waals surface area contributed by atoms with Crippen LogP contribution in [0.2, 0.25) is 0 Å². The third-order valence-corrected chi connectivity index (χ3v) is 3.87. The highest BCUT2D eigenvalue weighted by Crippen LogP contribution is 2.25. The summed E-state index contributed by atoms with van der Waals surface area (Å²) in [6.45, 7) is 0. The Kier molecular flexibility index (Phi) is 3.51. The van der Waals surface area contributed by atoms with Gasteiger partial charge in [-0.3, -0.25) is 9.89 Å². The highest BCUT2D eigenvalue weighted by molar-refractivity contribution is 6.06. The van der Waals surface area contributed by atoms with Gasteiger partial charge in [-0.1, -0.05) is 42.5 Å². The molecule has 0 fully saturated rings. The first-order valence-corrected chi connectivity index (χ1v) is 7.55. The summed E-state index contributed by atoms with van der Waals surface area (Å²) in [5.74, 6) is 0.238. The van der Waals surface area contributed by atoms with E-state index in [0.717, 1.165) is 22.4 Å². The van der Waals surface area contributed by atoms with Crippen LogP contribution in [0, 0.1) is 0 Å². The average Bonchev–Trinajstić information content (AvgIpc) is 3.35. The third kappa shape index (κ3) is 2.63. The van der Waals surface area contributed by atoms with E-state index in [0.29, 0.717) is 11.4 Å². The molecule has 2 aromatic carbocycles. The molecule has 0 spiro atoms. The number of H-pyrrole nitrogens is 2. The molecule has 0 aliphatic heterocycles. The van der Waals surface area contributed by atoms with Gasteiger partial charge >= 0.3 is 0 Å². The quantitative estimate of drug-likeness (QED) is 0.564. The van der Waals surface area contributed by atoms with Gasteiger partial charge in [-0.25, -0.2) is 4.98 Å². The van der Waals surface area contributed by atoms with Crippen molar-refractivity contribution in [2.24, 2.45) is 0 Å². The summed E-state index contributed by atoms with van der Waals surface area (Å²) >= 11 is 0. The van der Waals surface area contributed by atoms with Gasteiger partial charge in [0, 0.05) is 29.7 Å². The maximum atomic E-state index is 12.3. The molecule has 4 rings (SSSR count). The van der Waals surface area contributed by atoms with E-state index in [9.17, 15) is 4.79 Å². The van der Waals surface area contributed by atoms with E-state index >= 15 is 0 Å². The van der Waals surface area contributed by atoms with Crippen LogP contribution in [0.15, 0.2) is 73.2 Å². The lowest BCUT2D eigenvalue weighted by Gasteiger charge is -2.05. The van der Waals surface area contributed by atoms with E-state index in [1.807, 2.05) is 48.5 Å². The third-order valence-electron chi connectivity index (χ3n) is 3.87. The summed E-state index contributed by atoms with van der Waals surface area (Å²) in [5.41, 5.74) is 4.78. The maximum Gasteiger partial charge on any atom is 0.228 e. The van der Waals surface area contributed by atoms with Crippen molar-refractivity contribution in [2.45, 2.75) is 0 Å². The lowest BCUT2D eigenvalue weighted by molar-refractivity contribution is 0.103. The first kappa shape index (κ1) is 14.1. The first-order valence-electron chi connectivity index (χ1n) is 7.55. The second-order valence-electron chi connectivity index (χ2n) is 5.40. The monoisotopic (exact) mass is 314 g/mol. The van der Waals surface area contributed by atoms with Gasteiger partial charge in [0.05, 0.1) is 5.69 Å².